The van der Waals surface area contributed by atoms with E-state index in [4.69, 9.17) is 0 Å². The van der Waals surface area contributed by atoms with E-state index in [2.05, 4.69) is 62.9 Å². The molecule has 20 heavy (non-hydrogen) atoms. The standard InChI is InChI=1S/C18H26N2/c1-15-7-5-6-8-16(15)18(13-19)9-11-20(12-10-18)14-17(2,3)4/h5-8H,9-12,14H2,1-4H3. The van der Waals surface area contributed by atoms with Crippen LogP contribution in [0.25, 0.3) is 0 Å². The van der Waals surface area contributed by atoms with Gasteiger partial charge in [-0.3, -0.25) is 0 Å². The Balaban J connectivity index is 2.14. The van der Waals surface area contributed by atoms with E-state index in [1.54, 1.807) is 0 Å². The molecule has 0 spiro atoms. The minimum absolute atomic E-state index is 0.278. The van der Waals surface area contributed by atoms with Crippen molar-refractivity contribution in [2.45, 2.75) is 46.0 Å². The topological polar surface area (TPSA) is 27.0 Å². The van der Waals surface area contributed by atoms with Crippen LogP contribution in [0, 0.1) is 23.7 Å². The van der Waals surface area contributed by atoms with Gasteiger partial charge in [-0.1, -0.05) is 45.0 Å². The van der Waals surface area contributed by atoms with Gasteiger partial charge in [-0.15, -0.1) is 0 Å². The Hall–Kier alpha value is -1.33. The second-order valence-electron chi connectivity index (χ2n) is 7.35. The molecule has 0 aromatic heterocycles. The van der Waals surface area contributed by atoms with Crippen molar-refractivity contribution in [3.63, 3.8) is 0 Å². The highest BCUT2D eigenvalue weighted by molar-refractivity contribution is 5.39. The smallest absolute Gasteiger partial charge is 0.0849 e. The number of nitrogens with zero attached hydrogens (tertiary/aromatic N) is 2. The summed E-state index contributed by atoms with van der Waals surface area (Å²) in [6, 6.07) is 11.0. The van der Waals surface area contributed by atoms with Crippen LogP contribution in [-0.2, 0) is 5.41 Å². The average molecular weight is 270 g/mol. The lowest BCUT2D eigenvalue weighted by atomic mass is 9.72. The summed E-state index contributed by atoms with van der Waals surface area (Å²) in [5.74, 6) is 0. The minimum atomic E-state index is -0.278. The lowest BCUT2D eigenvalue weighted by Gasteiger charge is -2.40. The Labute approximate surface area is 123 Å². The highest BCUT2D eigenvalue weighted by Gasteiger charge is 2.37. The number of likely N-dealkylation sites (tertiary alicyclic amines) is 1. The van der Waals surface area contributed by atoms with Gasteiger partial charge in [0, 0.05) is 19.6 Å². The van der Waals surface area contributed by atoms with Crippen LogP contribution in [0.5, 0.6) is 0 Å². The van der Waals surface area contributed by atoms with Gasteiger partial charge in [-0.05, 0) is 36.3 Å². The maximum absolute atomic E-state index is 9.77. The number of benzene rings is 1. The third-order valence-corrected chi connectivity index (χ3v) is 4.28. The van der Waals surface area contributed by atoms with Gasteiger partial charge in [0.1, 0.15) is 0 Å². The largest absolute Gasteiger partial charge is 0.303 e. The lowest BCUT2D eigenvalue weighted by Crippen LogP contribution is -2.45. The molecule has 0 radical (unpaired) electrons. The monoisotopic (exact) mass is 270 g/mol. The molecule has 0 unspecified atom stereocenters. The SMILES string of the molecule is Cc1ccccc1C1(C#N)CCN(CC(C)(C)C)CC1. The van der Waals surface area contributed by atoms with E-state index in [9.17, 15) is 5.26 Å². The highest BCUT2D eigenvalue weighted by Crippen LogP contribution is 2.37. The van der Waals surface area contributed by atoms with Crippen molar-refractivity contribution in [1.82, 2.24) is 4.90 Å². The molecule has 2 heteroatoms. The summed E-state index contributed by atoms with van der Waals surface area (Å²) in [6.45, 7) is 12.1. The summed E-state index contributed by atoms with van der Waals surface area (Å²) in [6.07, 6.45) is 1.90. The second kappa shape index (κ2) is 5.58. The van der Waals surface area contributed by atoms with Gasteiger partial charge in [-0.2, -0.15) is 5.26 Å². The summed E-state index contributed by atoms with van der Waals surface area (Å²) in [5.41, 5.74) is 2.53. The van der Waals surface area contributed by atoms with Crippen molar-refractivity contribution >= 4 is 0 Å². The molecule has 0 bridgehead atoms. The Bertz CT molecular complexity index is 497. The number of aryl methyl sites for hydroxylation is 1. The Morgan fingerprint density at radius 1 is 1.20 bits per heavy atom. The van der Waals surface area contributed by atoms with Gasteiger partial charge >= 0.3 is 0 Å². The van der Waals surface area contributed by atoms with E-state index in [0.29, 0.717) is 5.41 Å². The van der Waals surface area contributed by atoms with Crippen molar-refractivity contribution in [1.29, 1.82) is 5.26 Å². The van der Waals surface area contributed by atoms with Crippen LogP contribution >= 0.6 is 0 Å². The number of piperidine rings is 1. The van der Waals surface area contributed by atoms with E-state index in [0.717, 1.165) is 32.5 Å². The number of nitriles is 1. The van der Waals surface area contributed by atoms with Gasteiger partial charge < -0.3 is 4.90 Å². The first kappa shape index (κ1) is 15.1. The molecule has 1 fully saturated rings. The molecule has 0 aliphatic carbocycles. The van der Waals surface area contributed by atoms with Crippen molar-refractivity contribution in [2.75, 3.05) is 19.6 Å². The summed E-state index contributed by atoms with van der Waals surface area (Å²) in [4.78, 5) is 2.51. The van der Waals surface area contributed by atoms with E-state index in [1.807, 2.05) is 0 Å². The quantitative estimate of drug-likeness (QED) is 0.815. The van der Waals surface area contributed by atoms with Crippen LogP contribution in [0.4, 0.5) is 0 Å². The van der Waals surface area contributed by atoms with E-state index in [1.165, 1.54) is 11.1 Å². The minimum Gasteiger partial charge on any atom is -0.303 e. The second-order valence-corrected chi connectivity index (χ2v) is 7.35. The Kier molecular flexibility index (Phi) is 4.20. The van der Waals surface area contributed by atoms with Crippen LogP contribution in [0.3, 0.4) is 0 Å². The molecule has 1 aromatic rings. The Morgan fingerprint density at radius 3 is 2.30 bits per heavy atom. The molecule has 1 heterocycles. The first-order valence-electron chi connectivity index (χ1n) is 7.56. The predicted molar refractivity (Wildman–Crippen MR) is 83.6 cm³/mol. The third-order valence-electron chi connectivity index (χ3n) is 4.28. The zero-order valence-electron chi connectivity index (χ0n) is 13.2. The molecule has 0 amide bonds. The van der Waals surface area contributed by atoms with Crippen LogP contribution in [0.15, 0.2) is 24.3 Å². The number of hydrogen-bond donors (Lipinski definition) is 0. The van der Waals surface area contributed by atoms with Gasteiger partial charge in [0.25, 0.3) is 0 Å². The molecule has 1 aromatic carbocycles. The lowest BCUT2D eigenvalue weighted by molar-refractivity contribution is 0.137. The first-order chi connectivity index (χ1) is 9.36. The van der Waals surface area contributed by atoms with Crippen LogP contribution < -0.4 is 0 Å². The van der Waals surface area contributed by atoms with Crippen molar-refractivity contribution in [3.05, 3.63) is 35.4 Å². The summed E-state index contributed by atoms with van der Waals surface area (Å²) in [7, 11) is 0. The van der Waals surface area contributed by atoms with Crippen molar-refractivity contribution in [2.24, 2.45) is 5.41 Å². The maximum Gasteiger partial charge on any atom is 0.0849 e. The van der Waals surface area contributed by atoms with Gasteiger partial charge in [0.2, 0.25) is 0 Å². The maximum atomic E-state index is 9.77. The summed E-state index contributed by atoms with van der Waals surface area (Å²) >= 11 is 0. The normalized spacial score (nSPS) is 19.6. The summed E-state index contributed by atoms with van der Waals surface area (Å²) in [5, 5.41) is 9.77. The Morgan fingerprint density at radius 2 is 1.80 bits per heavy atom. The van der Waals surface area contributed by atoms with E-state index >= 15 is 0 Å². The molecule has 1 aliphatic heterocycles. The fraction of sp³-hybridized carbons (Fsp3) is 0.611. The zero-order valence-corrected chi connectivity index (χ0v) is 13.2. The molecule has 0 N–H and O–H groups in total. The van der Waals surface area contributed by atoms with E-state index < -0.39 is 0 Å². The van der Waals surface area contributed by atoms with Crippen LogP contribution in [0.2, 0.25) is 0 Å². The first-order valence-corrected chi connectivity index (χ1v) is 7.56. The van der Waals surface area contributed by atoms with E-state index in [-0.39, 0.29) is 5.41 Å². The fourth-order valence-electron chi connectivity index (χ4n) is 3.31. The fourth-order valence-corrected chi connectivity index (χ4v) is 3.31. The van der Waals surface area contributed by atoms with Crippen molar-refractivity contribution < 1.29 is 0 Å². The van der Waals surface area contributed by atoms with Crippen molar-refractivity contribution in [3.8, 4) is 6.07 Å². The number of rotatable bonds is 2. The average Bonchev–Trinajstić information content (AvgIpc) is 2.39. The van der Waals surface area contributed by atoms with Gasteiger partial charge in [0.15, 0.2) is 0 Å². The highest BCUT2D eigenvalue weighted by atomic mass is 15.1. The molecule has 108 valence electrons. The predicted octanol–water partition coefficient (Wildman–Crippen LogP) is 3.90. The van der Waals surface area contributed by atoms with Crippen LogP contribution in [-0.4, -0.2) is 24.5 Å². The molecule has 1 aliphatic rings. The summed E-state index contributed by atoms with van der Waals surface area (Å²) < 4.78 is 0. The molecule has 2 rings (SSSR count). The van der Waals surface area contributed by atoms with Gasteiger partial charge in [-0.25, -0.2) is 0 Å². The molecule has 0 atom stereocenters. The third kappa shape index (κ3) is 3.22. The number of hydrogen-bond acceptors (Lipinski definition) is 2. The molecular weight excluding hydrogens is 244 g/mol. The van der Waals surface area contributed by atoms with Crippen LogP contribution in [0.1, 0.15) is 44.7 Å². The molecule has 1 saturated heterocycles. The zero-order chi connectivity index (χ0) is 14.8. The molecule has 2 nitrogen and oxygen atoms in total. The molecular formula is C18H26N2. The van der Waals surface area contributed by atoms with Gasteiger partial charge in [0.05, 0.1) is 11.5 Å². The molecule has 0 saturated carbocycles.